The first-order valence-electron chi connectivity index (χ1n) is 9.26. The molecule has 29 heavy (non-hydrogen) atoms. The molecule has 0 aliphatic carbocycles. The standard InChI is InChI=1S/C22H21N5OS/c1-15-21(16(2)26-25-15)24-20(28)14-29-22-23-13-19(17-9-5-3-6-10-17)27(22)18-11-7-4-8-12-18/h3-13H,14H2,1-2H3,(H,24,28)(H,25,26). The van der Waals surface area contributed by atoms with E-state index in [9.17, 15) is 4.79 Å². The fourth-order valence-electron chi connectivity index (χ4n) is 3.12. The Balaban J connectivity index is 1.59. The summed E-state index contributed by atoms with van der Waals surface area (Å²) in [6, 6.07) is 20.2. The largest absolute Gasteiger partial charge is 0.322 e. The summed E-state index contributed by atoms with van der Waals surface area (Å²) >= 11 is 1.41. The van der Waals surface area contributed by atoms with Crippen molar-refractivity contribution < 1.29 is 4.79 Å². The first kappa shape index (κ1) is 19.0. The smallest absolute Gasteiger partial charge is 0.234 e. The van der Waals surface area contributed by atoms with Crippen LogP contribution < -0.4 is 5.32 Å². The molecule has 1 amide bonds. The van der Waals surface area contributed by atoms with Crippen molar-refractivity contribution in [2.45, 2.75) is 19.0 Å². The van der Waals surface area contributed by atoms with E-state index in [2.05, 4.69) is 37.2 Å². The molecule has 146 valence electrons. The van der Waals surface area contributed by atoms with Crippen LogP contribution in [0.3, 0.4) is 0 Å². The summed E-state index contributed by atoms with van der Waals surface area (Å²) in [5.41, 5.74) is 5.43. The number of rotatable bonds is 6. The Morgan fingerprint density at radius 2 is 1.76 bits per heavy atom. The third-order valence-corrected chi connectivity index (χ3v) is 5.49. The van der Waals surface area contributed by atoms with Gasteiger partial charge < -0.3 is 5.32 Å². The van der Waals surface area contributed by atoms with Gasteiger partial charge in [-0.1, -0.05) is 60.3 Å². The van der Waals surface area contributed by atoms with Crippen molar-refractivity contribution in [3.8, 4) is 16.9 Å². The molecule has 0 atom stereocenters. The van der Waals surface area contributed by atoms with Crippen molar-refractivity contribution in [3.05, 3.63) is 78.2 Å². The minimum atomic E-state index is -0.0912. The van der Waals surface area contributed by atoms with Gasteiger partial charge in [0.15, 0.2) is 5.16 Å². The molecular formula is C22H21N5OS. The molecule has 2 aromatic heterocycles. The SMILES string of the molecule is Cc1n[nH]c(C)c1NC(=O)CSc1ncc(-c2ccccc2)n1-c1ccccc1. The van der Waals surface area contributed by atoms with Crippen molar-refractivity contribution in [3.63, 3.8) is 0 Å². The normalized spacial score (nSPS) is 10.8. The number of para-hydroxylation sites is 1. The average molecular weight is 404 g/mol. The highest BCUT2D eigenvalue weighted by molar-refractivity contribution is 7.99. The van der Waals surface area contributed by atoms with Crippen LogP contribution in [-0.4, -0.2) is 31.4 Å². The first-order valence-corrected chi connectivity index (χ1v) is 10.2. The zero-order valence-electron chi connectivity index (χ0n) is 16.2. The van der Waals surface area contributed by atoms with Crippen molar-refractivity contribution in [2.75, 3.05) is 11.1 Å². The van der Waals surface area contributed by atoms with E-state index in [1.165, 1.54) is 11.8 Å². The number of hydrogen-bond acceptors (Lipinski definition) is 4. The van der Waals surface area contributed by atoms with Crippen LogP contribution in [0.1, 0.15) is 11.4 Å². The number of nitrogens with zero attached hydrogens (tertiary/aromatic N) is 3. The van der Waals surface area contributed by atoms with E-state index in [4.69, 9.17) is 0 Å². The molecule has 0 aliphatic heterocycles. The van der Waals surface area contributed by atoms with Crippen LogP contribution in [0.2, 0.25) is 0 Å². The molecule has 6 nitrogen and oxygen atoms in total. The molecule has 0 aliphatic rings. The number of anilines is 1. The first-order chi connectivity index (χ1) is 14.1. The number of imidazole rings is 1. The van der Waals surface area contributed by atoms with Crippen LogP contribution in [0.15, 0.2) is 72.0 Å². The lowest BCUT2D eigenvalue weighted by molar-refractivity contribution is -0.113. The molecule has 2 heterocycles. The summed E-state index contributed by atoms with van der Waals surface area (Å²) in [6.07, 6.45) is 1.85. The monoisotopic (exact) mass is 403 g/mol. The molecule has 0 unspecified atom stereocenters. The van der Waals surface area contributed by atoms with E-state index in [-0.39, 0.29) is 11.7 Å². The molecule has 2 aromatic carbocycles. The third-order valence-electron chi connectivity index (χ3n) is 4.54. The summed E-state index contributed by atoms with van der Waals surface area (Å²) in [7, 11) is 0. The van der Waals surface area contributed by atoms with Gasteiger partial charge >= 0.3 is 0 Å². The van der Waals surface area contributed by atoms with Gasteiger partial charge in [-0.25, -0.2) is 4.98 Å². The van der Waals surface area contributed by atoms with Gasteiger partial charge in [-0.3, -0.25) is 14.5 Å². The van der Waals surface area contributed by atoms with Crippen LogP contribution in [0.5, 0.6) is 0 Å². The van der Waals surface area contributed by atoms with Gasteiger partial charge in [0.2, 0.25) is 5.91 Å². The van der Waals surface area contributed by atoms with E-state index < -0.39 is 0 Å². The number of amides is 1. The van der Waals surface area contributed by atoms with E-state index in [0.29, 0.717) is 0 Å². The van der Waals surface area contributed by atoms with Gasteiger partial charge in [-0.15, -0.1) is 0 Å². The summed E-state index contributed by atoms with van der Waals surface area (Å²) in [4.78, 5) is 17.1. The van der Waals surface area contributed by atoms with Crippen molar-refractivity contribution >= 4 is 23.4 Å². The van der Waals surface area contributed by atoms with Crippen molar-refractivity contribution in [1.29, 1.82) is 0 Å². The number of thioether (sulfide) groups is 1. The number of aromatic amines is 1. The van der Waals surface area contributed by atoms with E-state index in [0.717, 1.165) is 39.2 Å². The lowest BCUT2D eigenvalue weighted by atomic mass is 10.1. The Labute approximate surface area is 173 Å². The Kier molecular flexibility index (Phi) is 5.48. The maximum Gasteiger partial charge on any atom is 0.234 e. The molecule has 0 saturated carbocycles. The second-order valence-corrected chi connectivity index (χ2v) is 7.55. The van der Waals surface area contributed by atoms with Crippen LogP contribution in [0.25, 0.3) is 16.9 Å². The highest BCUT2D eigenvalue weighted by Gasteiger charge is 2.16. The number of hydrogen-bond donors (Lipinski definition) is 2. The molecule has 7 heteroatoms. The van der Waals surface area contributed by atoms with Gasteiger partial charge in [-0.2, -0.15) is 5.10 Å². The highest BCUT2D eigenvalue weighted by Crippen LogP contribution is 2.30. The number of benzene rings is 2. The summed E-state index contributed by atoms with van der Waals surface area (Å²) in [5.74, 6) is 0.161. The second kappa shape index (κ2) is 8.36. The minimum Gasteiger partial charge on any atom is -0.322 e. The van der Waals surface area contributed by atoms with Gasteiger partial charge in [0.1, 0.15) is 0 Å². The molecular weight excluding hydrogens is 382 g/mol. The molecule has 0 radical (unpaired) electrons. The second-order valence-electron chi connectivity index (χ2n) is 6.61. The van der Waals surface area contributed by atoms with Crippen molar-refractivity contribution in [2.24, 2.45) is 0 Å². The van der Waals surface area contributed by atoms with Crippen molar-refractivity contribution in [1.82, 2.24) is 19.7 Å². The number of aromatic nitrogens is 4. The van der Waals surface area contributed by atoms with Crippen LogP contribution >= 0.6 is 11.8 Å². The fourth-order valence-corrected chi connectivity index (χ4v) is 3.91. The lowest BCUT2D eigenvalue weighted by Gasteiger charge is -2.12. The summed E-state index contributed by atoms with van der Waals surface area (Å²) < 4.78 is 2.08. The zero-order chi connectivity index (χ0) is 20.2. The highest BCUT2D eigenvalue weighted by atomic mass is 32.2. The predicted octanol–water partition coefficient (Wildman–Crippen LogP) is 4.61. The van der Waals surface area contributed by atoms with Gasteiger partial charge in [-0.05, 0) is 26.0 Å². The molecule has 0 saturated heterocycles. The van der Waals surface area contributed by atoms with Gasteiger partial charge in [0, 0.05) is 11.3 Å². The van der Waals surface area contributed by atoms with Crippen LogP contribution in [-0.2, 0) is 4.79 Å². The molecule has 0 bridgehead atoms. The summed E-state index contributed by atoms with van der Waals surface area (Å²) in [5, 5.41) is 10.7. The number of H-pyrrole nitrogens is 1. The molecule has 4 rings (SSSR count). The average Bonchev–Trinajstić information content (AvgIpc) is 3.32. The Morgan fingerprint density at radius 3 is 2.41 bits per heavy atom. The molecule has 0 spiro atoms. The fraction of sp³-hybridized carbons (Fsp3) is 0.136. The molecule has 0 fully saturated rings. The maximum absolute atomic E-state index is 12.5. The van der Waals surface area contributed by atoms with E-state index in [1.54, 1.807) is 0 Å². The van der Waals surface area contributed by atoms with E-state index in [1.807, 2.05) is 68.6 Å². The number of carbonyl (C=O) groups is 1. The van der Waals surface area contributed by atoms with Crippen LogP contribution in [0, 0.1) is 13.8 Å². The minimum absolute atomic E-state index is 0.0912. The van der Waals surface area contributed by atoms with E-state index >= 15 is 0 Å². The van der Waals surface area contributed by atoms with Gasteiger partial charge in [0.05, 0.1) is 34.7 Å². The van der Waals surface area contributed by atoms with Gasteiger partial charge in [0.25, 0.3) is 0 Å². The quantitative estimate of drug-likeness (QED) is 0.461. The zero-order valence-corrected chi connectivity index (χ0v) is 17.0. The maximum atomic E-state index is 12.5. The molecule has 4 aromatic rings. The summed E-state index contributed by atoms with van der Waals surface area (Å²) in [6.45, 7) is 3.75. The van der Waals surface area contributed by atoms with Crippen LogP contribution in [0.4, 0.5) is 5.69 Å². The number of carbonyl (C=O) groups excluding carboxylic acids is 1. The Morgan fingerprint density at radius 1 is 1.07 bits per heavy atom. The third kappa shape index (κ3) is 4.09. The Hall–Kier alpha value is -3.32. The number of aryl methyl sites for hydroxylation is 2. The lowest BCUT2D eigenvalue weighted by Crippen LogP contribution is -2.15. The topological polar surface area (TPSA) is 75.6 Å². The molecule has 2 N–H and O–H groups in total. The number of nitrogens with one attached hydrogen (secondary N) is 2. The Bertz CT molecular complexity index is 1100. The predicted molar refractivity (Wildman–Crippen MR) is 116 cm³/mol.